The van der Waals surface area contributed by atoms with Gasteiger partial charge in [-0.3, -0.25) is 0 Å². The maximum Gasteiger partial charge on any atom is 0.0547 e. The fraction of sp³-hybridized carbons (Fsp3) is 0. The zero-order valence-corrected chi connectivity index (χ0v) is 24.0. The Morgan fingerprint density at radius 2 is 1.02 bits per heavy atom. The van der Waals surface area contributed by atoms with Crippen LogP contribution in [0.2, 0.25) is 0 Å². The molecule has 0 aliphatic heterocycles. The molecule has 7 aromatic carbocycles. The van der Waals surface area contributed by atoms with Crippen molar-refractivity contribution in [3.63, 3.8) is 0 Å². The van der Waals surface area contributed by atoms with Crippen LogP contribution in [0.1, 0.15) is 0 Å². The molecular weight excluding hydrogens is 541 g/mol. The fourth-order valence-corrected chi connectivity index (χ4v) is 8.33. The molecule has 0 N–H and O–H groups in total. The molecule has 0 radical (unpaired) electrons. The largest absolute Gasteiger partial charge is 0.309 e. The van der Waals surface area contributed by atoms with Crippen LogP contribution in [0.15, 0.2) is 146 Å². The van der Waals surface area contributed by atoms with Crippen LogP contribution in [0.3, 0.4) is 0 Å². The van der Waals surface area contributed by atoms with Crippen molar-refractivity contribution in [1.29, 1.82) is 0 Å². The van der Waals surface area contributed by atoms with Crippen molar-refractivity contribution >= 4 is 85.9 Å². The van der Waals surface area contributed by atoms with Gasteiger partial charge in [-0.2, -0.15) is 0 Å². The van der Waals surface area contributed by atoms with Crippen LogP contribution in [0.4, 0.5) is 0 Å². The number of hydrogen-bond acceptors (Lipinski definition) is 1. The molecule has 0 bridgehead atoms. The number of rotatable bonds is 2. The zero-order chi connectivity index (χ0) is 28.1. The van der Waals surface area contributed by atoms with Gasteiger partial charge in [-0.15, -0.1) is 11.3 Å². The van der Waals surface area contributed by atoms with E-state index in [0.29, 0.717) is 0 Å². The Kier molecular flexibility index (Phi) is 4.63. The molecule has 0 spiro atoms. The summed E-state index contributed by atoms with van der Waals surface area (Å²) in [5, 5.41) is 10.3. The van der Waals surface area contributed by atoms with Crippen LogP contribution in [0.25, 0.3) is 85.9 Å². The first kappa shape index (κ1) is 23.2. The Bertz CT molecular complexity index is 2720. The van der Waals surface area contributed by atoms with Gasteiger partial charge in [0.15, 0.2) is 0 Å². The SMILES string of the molecule is c1ccc(-n2c3ccccc3c3c4cc5c6ccccc6n(-c6ccc7sc8ccccc8c7c6)c5cc4ccc32)cc1. The zero-order valence-electron chi connectivity index (χ0n) is 23.2. The first-order valence-corrected chi connectivity index (χ1v) is 15.5. The van der Waals surface area contributed by atoms with Gasteiger partial charge in [0, 0.05) is 53.1 Å². The maximum atomic E-state index is 2.45. The van der Waals surface area contributed by atoms with Crippen molar-refractivity contribution in [3.05, 3.63) is 146 Å². The predicted molar refractivity (Wildman–Crippen MR) is 186 cm³/mol. The van der Waals surface area contributed by atoms with Crippen LogP contribution in [0.5, 0.6) is 0 Å². The number of thiophene rings is 1. The van der Waals surface area contributed by atoms with Crippen molar-refractivity contribution in [1.82, 2.24) is 9.13 Å². The van der Waals surface area contributed by atoms with Crippen molar-refractivity contribution in [2.75, 3.05) is 0 Å². The van der Waals surface area contributed by atoms with E-state index in [1.807, 2.05) is 11.3 Å². The Labute approximate surface area is 251 Å². The van der Waals surface area contributed by atoms with Crippen molar-refractivity contribution in [3.8, 4) is 11.4 Å². The van der Waals surface area contributed by atoms with Crippen LogP contribution >= 0.6 is 11.3 Å². The van der Waals surface area contributed by atoms with Gasteiger partial charge in [0.25, 0.3) is 0 Å². The van der Waals surface area contributed by atoms with E-state index in [4.69, 9.17) is 0 Å². The molecule has 0 unspecified atom stereocenters. The Morgan fingerprint density at radius 3 is 1.88 bits per heavy atom. The summed E-state index contributed by atoms with van der Waals surface area (Å²) >= 11 is 1.87. The van der Waals surface area contributed by atoms with E-state index in [9.17, 15) is 0 Å². The molecule has 10 rings (SSSR count). The molecule has 0 saturated carbocycles. The Balaban J connectivity index is 1.32. The molecular formula is C40H24N2S. The number of aromatic nitrogens is 2. The molecule has 0 amide bonds. The standard InChI is InChI=1S/C40H24N2S/c1-2-10-26(11-3-1)41-35-16-8-5-14-30(35)40-31-24-32-28-12-4-7-15-34(28)42(37(32)22-25(31)18-20-36(40)41)27-19-21-39-33(23-27)29-13-6-9-17-38(29)43-39/h1-24H. The number of para-hydroxylation sites is 3. The van der Waals surface area contributed by atoms with Gasteiger partial charge in [-0.25, -0.2) is 0 Å². The summed E-state index contributed by atoms with van der Waals surface area (Å²) in [4.78, 5) is 0. The van der Waals surface area contributed by atoms with Crippen molar-refractivity contribution in [2.24, 2.45) is 0 Å². The average Bonchev–Trinajstić information content (AvgIpc) is 3.71. The van der Waals surface area contributed by atoms with Gasteiger partial charge in [-0.1, -0.05) is 78.9 Å². The molecule has 2 nitrogen and oxygen atoms in total. The summed E-state index contributed by atoms with van der Waals surface area (Å²) in [5.74, 6) is 0. The second kappa shape index (κ2) is 8.57. The number of hydrogen-bond donors (Lipinski definition) is 0. The predicted octanol–water partition coefficient (Wildman–Crippen LogP) is 11.4. The first-order valence-electron chi connectivity index (χ1n) is 14.7. The molecule has 0 atom stereocenters. The molecule has 200 valence electrons. The van der Waals surface area contributed by atoms with Crippen LogP contribution in [0, 0.1) is 0 Å². The van der Waals surface area contributed by atoms with Crippen molar-refractivity contribution < 1.29 is 0 Å². The third-order valence-corrected chi connectivity index (χ3v) is 10.2. The van der Waals surface area contributed by atoms with E-state index in [1.54, 1.807) is 0 Å². The lowest BCUT2D eigenvalue weighted by molar-refractivity contribution is 1.18. The topological polar surface area (TPSA) is 9.86 Å². The number of benzene rings is 7. The minimum atomic E-state index is 1.18. The van der Waals surface area contributed by atoms with E-state index in [-0.39, 0.29) is 0 Å². The van der Waals surface area contributed by atoms with Gasteiger partial charge in [0.05, 0.1) is 22.1 Å². The van der Waals surface area contributed by atoms with Crippen LogP contribution in [-0.2, 0) is 0 Å². The molecule has 0 saturated heterocycles. The lowest BCUT2D eigenvalue weighted by Crippen LogP contribution is -1.94. The molecule has 0 aliphatic carbocycles. The van der Waals surface area contributed by atoms with E-state index in [2.05, 4.69) is 155 Å². The summed E-state index contributed by atoms with van der Waals surface area (Å²) in [6, 6.07) is 53.5. The second-order valence-corrected chi connectivity index (χ2v) is 12.5. The van der Waals surface area contributed by atoms with E-state index < -0.39 is 0 Å². The highest BCUT2D eigenvalue weighted by Crippen LogP contribution is 2.42. The maximum absolute atomic E-state index is 2.45. The molecule has 3 aromatic heterocycles. The van der Waals surface area contributed by atoms with Gasteiger partial charge in [0.2, 0.25) is 0 Å². The lowest BCUT2D eigenvalue weighted by atomic mass is 10.0. The summed E-state index contributed by atoms with van der Waals surface area (Å²) in [5.41, 5.74) is 7.31. The first-order chi connectivity index (χ1) is 21.3. The summed E-state index contributed by atoms with van der Waals surface area (Å²) in [6.07, 6.45) is 0. The fourth-order valence-electron chi connectivity index (χ4n) is 7.24. The molecule has 0 fully saturated rings. The summed E-state index contributed by atoms with van der Waals surface area (Å²) in [6.45, 7) is 0. The quantitative estimate of drug-likeness (QED) is 0.198. The number of nitrogens with zero attached hydrogens (tertiary/aromatic N) is 2. The molecule has 3 heterocycles. The molecule has 3 heteroatoms. The van der Waals surface area contributed by atoms with Crippen LogP contribution in [-0.4, -0.2) is 9.13 Å². The Hall–Kier alpha value is -5.38. The van der Waals surface area contributed by atoms with Gasteiger partial charge in [-0.05, 0) is 77.5 Å². The van der Waals surface area contributed by atoms with E-state index in [0.717, 1.165) is 0 Å². The summed E-state index contributed by atoms with van der Waals surface area (Å²) < 4.78 is 7.51. The average molecular weight is 565 g/mol. The van der Waals surface area contributed by atoms with Crippen LogP contribution < -0.4 is 0 Å². The van der Waals surface area contributed by atoms with Gasteiger partial charge < -0.3 is 9.13 Å². The molecule has 0 aliphatic rings. The highest BCUT2D eigenvalue weighted by Gasteiger charge is 2.18. The third-order valence-electron chi connectivity index (χ3n) is 9.08. The van der Waals surface area contributed by atoms with E-state index in [1.165, 1.54) is 85.9 Å². The normalized spacial score (nSPS) is 12.2. The van der Waals surface area contributed by atoms with E-state index >= 15 is 0 Å². The van der Waals surface area contributed by atoms with Gasteiger partial charge >= 0.3 is 0 Å². The Morgan fingerprint density at radius 1 is 0.349 bits per heavy atom. The summed E-state index contributed by atoms with van der Waals surface area (Å²) in [7, 11) is 0. The highest BCUT2D eigenvalue weighted by atomic mass is 32.1. The monoisotopic (exact) mass is 564 g/mol. The smallest absolute Gasteiger partial charge is 0.0547 e. The highest BCUT2D eigenvalue weighted by molar-refractivity contribution is 7.25. The third kappa shape index (κ3) is 3.17. The van der Waals surface area contributed by atoms with Gasteiger partial charge in [0.1, 0.15) is 0 Å². The number of fused-ring (bicyclic) bond motifs is 11. The van der Waals surface area contributed by atoms with Crippen molar-refractivity contribution in [2.45, 2.75) is 0 Å². The minimum Gasteiger partial charge on any atom is -0.309 e. The second-order valence-electron chi connectivity index (χ2n) is 11.4. The lowest BCUT2D eigenvalue weighted by Gasteiger charge is -2.10. The molecule has 43 heavy (non-hydrogen) atoms. The minimum absolute atomic E-state index is 1.18. The molecule has 10 aromatic rings.